The van der Waals surface area contributed by atoms with Crippen molar-refractivity contribution in [3.8, 4) is 11.1 Å². The van der Waals surface area contributed by atoms with Gasteiger partial charge in [0.2, 0.25) is 0 Å². The summed E-state index contributed by atoms with van der Waals surface area (Å²) < 4.78 is 0. The van der Waals surface area contributed by atoms with E-state index in [1.807, 2.05) is 77.9 Å². The van der Waals surface area contributed by atoms with Crippen LogP contribution in [-0.2, 0) is 0 Å². The minimum absolute atomic E-state index is 0.0123. The van der Waals surface area contributed by atoms with Crippen LogP contribution in [0.4, 0.5) is 5.69 Å². The van der Waals surface area contributed by atoms with Gasteiger partial charge in [0.05, 0.1) is 11.4 Å². The molecule has 4 aromatic rings. The van der Waals surface area contributed by atoms with Gasteiger partial charge in [-0.15, -0.1) is 11.8 Å². The Labute approximate surface area is 186 Å². The lowest BCUT2D eigenvalue weighted by atomic mass is 9.98. The number of thioether (sulfide) groups is 1. The molecule has 31 heavy (non-hydrogen) atoms. The third-order valence-corrected chi connectivity index (χ3v) is 6.29. The predicted molar refractivity (Wildman–Crippen MR) is 131 cm³/mol. The first-order valence-corrected chi connectivity index (χ1v) is 11.4. The Balaban J connectivity index is 1.72. The maximum Gasteiger partial charge on any atom is 0.263 e. The lowest BCUT2D eigenvalue weighted by molar-refractivity contribution is 0.101. The van der Waals surface area contributed by atoms with Crippen LogP contribution >= 0.6 is 11.8 Å². The first kappa shape index (κ1) is 19.4. The van der Waals surface area contributed by atoms with Gasteiger partial charge in [0.25, 0.3) is 5.91 Å². The van der Waals surface area contributed by atoms with Gasteiger partial charge in [0.15, 0.2) is 0 Å². The summed E-state index contributed by atoms with van der Waals surface area (Å²) in [5.41, 5.74) is 6.83. The fourth-order valence-electron chi connectivity index (χ4n) is 4.01. The van der Waals surface area contributed by atoms with Crippen molar-refractivity contribution >= 4 is 35.1 Å². The summed E-state index contributed by atoms with van der Waals surface area (Å²) in [6, 6.07) is 34.7. The highest BCUT2D eigenvalue weighted by Crippen LogP contribution is 2.42. The number of carbonyl (C=O) groups is 1. The summed E-state index contributed by atoms with van der Waals surface area (Å²) in [7, 11) is 0. The first-order chi connectivity index (χ1) is 15.3. The van der Waals surface area contributed by atoms with Crippen LogP contribution < -0.4 is 4.90 Å². The minimum Gasteiger partial charge on any atom is -0.275 e. The third-order valence-electron chi connectivity index (χ3n) is 5.51. The Morgan fingerprint density at radius 2 is 1.39 bits per heavy atom. The highest BCUT2D eigenvalue weighted by Gasteiger charge is 2.34. The monoisotopic (exact) mass is 419 g/mol. The summed E-state index contributed by atoms with van der Waals surface area (Å²) >= 11 is 1.65. The molecule has 150 valence electrons. The summed E-state index contributed by atoms with van der Waals surface area (Å²) in [4.78, 5) is 16.5. The number of anilines is 1. The Morgan fingerprint density at radius 3 is 2.13 bits per heavy atom. The molecule has 0 aromatic heterocycles. The van der Waals surface area contributed by atoms with Gasteiger partial charge in [-0.1, -0.05) is 78.9 Å². The summed E-state index contributed by atoms with van der Waals surface area (Å²) in [5, 5.41) is 0. The molecule has 0 atom stereocenters. The van der Waals surface area contributed by atoms with E-state index in [0.29, 0.717) is 0 Å². The molecule has 1 aliphatic rings. The maximum atomic E-state index is 13.6. The van der Waals surface area contributed by atoms with Gasteiger partial charge in [0, 0.05) is 16.0 Å². The zero-order valence-corrected chi connectivity index (χ0v) is 18.0. The topological polar surface area (TPSA) is 20.3 Å². The second-order valence-corrected chi connectivity index (χ2v) is 8.23. The van der Waals surface area contributed by atoms with Gasteiger partial charge in [0.1, 0.15) is 0 Å². The molecule has 3 heteroatoms. The lowest BCUT2D eigenvalue weighted by Gasteiger charge is -2.21. The molecule has 0 aliphatic carbocycles. The highest BCUT2D eigenvalue weighted by molar-refractivity contribution is 7.98. The largest absolute Gasteiger partial charge is 0.275 e. The van der Waals surface area contributed by atoms with Crippen LogP contribution in [0.5, 0.6) is 0 Å². The quantitative estimate of drug-likeness (QED) is 0.325. The van der Waals surface area contributed by atoms with E-state index in [9.17, 15) is 4.79 Å². The zero-order valence-electron chi connectivity index (χ0n) is 17.2. The second kappa shape index (κ2) is 8.29. The summed E-state index contributed by atoms with van der Waals surface area (Å²) in [5.74, 6) is 0.0123. The number of benzene rings is 4. The van der Waals surface area contributed by atoms with E-state index >= 15 is 0 Å². The number of hydrogen-bond donors (Lipinski definition) is 0. The SMILES string of the molecule is CSc1ccccc1N1C(=O)c2ccc(-c3ccccc3)cc2C1=Cc1ccccc1. The van der Waals surface area contributed by atoms with Crippen molar-refractivity contribution in [2.75, 3.05) is 11.2 Å². The van der Waals surface area contributed by atoms with Crippen LogP contribution in [-0.4, -0.2) is 12.2 Å². The van der Waals surface area contributed by atoms with E-state index in [1.165, 1.54) is 0 Å². The average Bonchev–Trinajstić information content (AvgIpc) is 3.11. The van der Waals surface area contributed by atoms with Crippen molar-refractivity contribution in [1.82, 2.24) is 0 Å². The molecule has 0 spiro atoms. The number of amides is 1. The molecule has 0 N–H and O–H groups in total. The summed E-state index contributed by atoms with van der Waals surface area (Å²) in [6.45, 7) is 0. The van der Waals surface area contributed by atoms with E-state index < -0.39 is 0 Å². The van der Waals surface area contributed by atoms with Crippen LogP contribution in [0.25, 0.3) is 22.9 Å². The normalized spacial score (nSPS) is 14.2. The number of rotatable bonds is 4. The molecule has 0 saturated carbocycles. The first-order valence-electron chi connectivity index (χ1n) is 10.2. The Morgan fingerprint density at radius 1 is 0.710 bits per heavy atom. The molecular weight excluding hydrogens is 398 g/mol. The molecule has 0 fully saturated rings. The van der Waals surface area contributed by atoms with Gasteiger partial charge in [-0.25, -0.2) is 0 Å². The minimum atomic E-state index is 0.0123. The van der Waals surface area contributed by atoms with Crippen LogP contribution in [0.3, 0.4) is 0 Å². The van der Waals surface area contributed by atoms with Crippen LogP contribution in [0.15, 0.2) is 108 Å². The number of fused-ring (bicyclic) bond motifs is 1. The molecule has 0 radical (unpaired) electrons. The molecule has 2 nitrogen and oxygen atoms in total. The Hall–Kier alpha value is -3.56. The molecular formula is C28H21NOS. The predicted octanol–water partition coefficient (Wildman–Crippen LogP) is 7.23. The zero-order chi connectivity index (χ0) is 21.2. The molecule has 4 aromatic carbocycles. The van der Waals surface area contributed by atoms with Gasteiger partial charge in [-0.3, -0.25) is 9.69 Å². The van der Waals surface area contributed by atoms with E-state index in [4.69, 9.17) is 0 Å². The molecule has 0 bridgehead atoms. The lowest BCUT2D eigenvalue weighted by Crippen LogP contribution is -2.22. The molecule has 5 rings (SSSR count). The molecule has 1 heterocycles. The molecule has 0 unspecified atom stereocenters. The van der Waals surface area contributed by atoms with Crippen molar-refractivity contribution in [2.24, 2.45) is 0 Å². The number of carbonyl (C=O) groups excluding carboxylic acids is 1. The van der Waals surface area contributed by atoms with E-state index in [1.54, 1.807) is 11.8 Å². The molecule has 0 saturated heterocycles. The molecule has 1 aliphatic heterocycles. The van der Waals surface area contributed by atoms with E-state index in [-0.39, 0.29) is 5.91 Å². The smallest absolute Gasteiger partial charge is 0.263 e. The van der Waals surface area contributed by atoms with Crippen molar-refractivity contribution in [3.63, 3.8) is 0 Å². The molecule has 1 amide bonds. The number of para-hydroxylation sites is 1. The van der Waals surface area contributed by atoms with Crippen molar-refractivity contribution in [3.05, 3.63) is 120 Å². The summed E-state index contributed by atoms with van der Waals surface area (Å²) in [6.07, 6.45) is 4.15. The third kappa shape index (κ3) is 3.58. The van der Waals surface area contributed by atoms with Gasteiger partial charge in [-0.2, -0.15) is 0 Å². The second-order valence-electron chi connectivity index (χ2n) is 7.38. The van der Waals surface area contributed by atoms with Gasteiger partial charge >= 0.3 is 0 Å². The standard InChI is InChI=1S/C28H21NOS/c1-31-27-15-9-8-14-25(27)29-26(18-20-10-4-2-5-11-20)24-19-22(16-17-23(24)28(29)30)21-12-6-3-7-13-21/h2-19H,1H3. The van der Waals surface area contributed by atoms with Crippen LogP contribution in [0.1, 0.15) is 21.5 Å². The van der Waals surface area contributed by atoms with Gasteiger partial charge < -0.3 is 0 Å². The highest BCUT2D eigenvalue weighted by atomic mass is 32.2. The van der Waals surface area contributed by atoms with Crippen LogP contribution in [0.2, 0.25) is 0 Å². The van der Waals surface area contributed by atoms with Crippen molar-refractivity contribution in [2.45, 2.75) is 4.90 Å². The van der Waals surface area contributed by atoms with Crippen LogP contribution in [0, 0.1) is 0 Å². The van der Waals surface area contributed by atoms with Crippen molar-refractivity contribution < 1.29 is 4.79 Å². The van der Waals surface area contributed by atoms with Crippen molar-refractivity contribution in [1.29, 1.82) is 0 Å². The van der Waals surface area contributed by atoms with E-state index in [2.05, 4.69) is 42.5 Å². The fourth-order valence-corrected chi connectivity index (χ4v) is 4.59. The van der Waals surface area contributed by atoms with Gasteiger partial charge in [-0.05, 0) is 53.3 Å². The fraction of sp³-hybridized carbons (Fsp3) is 0.0357. The Kier molecular flexibility index (Phi) is 5.19. The Bertz CT molecular complexity index is 1280. The number of nitrogens with zero attached hydrogens (tertiary/aromatic N) is 1. The maximum absolute atomic E-state index is 13.6. The van der Waals surface area contributed by atoms with E-state index in [0.717, 1.165) is 44.1 Å². The average molecular weight is 420 g/mol. The number of hydrogen-bond acceptors (Lipinski definition) is 2.